The Bertz CT molecular complexity index is 1340. The number of nitrogens with zero attached hydrogens (tertiary/aromatic N) is 3. The Labute approximate surface area is 186 Å². The summed E-state index contributed by atoms with van der Waals surface area (Å²) in [5.74, 6) is 0.617. The van der Waals surface area contributed by atoms with Gasteiger partial charge in [-0.2, -0.15) is 9.78 Å². The van der Waals surface area contributed by atoms with Gasteiger partial charge in [-0.3, -0.25) is 9.59 Å². The Balaban J connectivity index is 1.65. The maximum atomic E-state index is 13.3. The van der Waals surface area contributed by atoms with Gasteiger partial charge >= 0.3 is 0 Å². The lowest BCUT2D eigenvalue weighted by atomic mass is 10.2. The maximum Gasteiger partial charge on any atom is 0.281 e. The summed E-state index contributed by atoms with van der Waals surface area (Å²) >= 11 is 0. The van der Waals surface area contributed by atoms with Crippen molar-refractivity contribution in [3.63, 3.8) is 0 Å². The number of hydrogen-bond donors (Lipinski definition) is 1. The van der Waals surface area contributed by atoms with Gasteiger partial charge in [0.2, 0.25) is 5.91 Å². The predicted molar refractivity (Wildman–Crippen MR) is 124 cm³/mol. The number of benzene rings is 2. The van der Waals surface area contributed by atoms with E-state index in [1.165, 1.54) is 4.68 Å². The Kier molecular flexibility index (Phi) is 5.81. The predicted octanol–water partition coefficient (Wildman–Crippen LogP) is 3.69. The highest BCUT2D eigenvalue weighted by Gasteiger charge is 2.23. The van der Waals surface area contributed by atoms with Gasteiger partial charge in [0.25, 0.3) is 5.56 Å². The van der Waals surface area contributed by atoms with E-state index in [2.05, 4.69) is 10.4 Å². The summed E-state index contributed by atoms with van der Waals surface area (Å²) in [6, 6.07) is 16.4. The van der Waals surface area contributed by atoms with Gasteiger partial charge in [-0.05, 0) is 50.6 Å². The third-order valence-corrected chi connectivity index (χ3v) is 5.82. The van der Waals surface area contributed by atoms with Crippen LogP contribution >= 0.6 is 0 Å². The van der Waals surface area contributed by atoms with E-state index in [9.17, 15) is 9.59 Å². The summed E-state index contributed by atoms with van der Waals surface area (Å²) in [7, 11) is 1.61. The van der Waals surface area contributed by atoms with Crippen molar-refractivity contribution in [3.8, 4) is 11.4 Å². The molecule has 2 aromatic heterocycles. The molecular weight excluding hydrogens is 404 g/mol. The molecule has 0 saturated heterocycles. The van der Waals surface area contributed by atoms with E-state index in [1.54, 1.807) is 13.3 Å². The number of aromatic nitrogens is 3. The highest BCUT2D eigenvalue weighted by Crippen LogP contribution is 2.26. The molecule has 1 amide bonds. The second kappa shape index (κ2) is 8.70. The van der Waals surface area contributed by atoms with Gasteiger partial charge in [-0.15, -0.1) is 0 Å². The zero-order valence-electron chi connectivity index (χ0n) is 18.6. The van der Waals surface area contributed by atoms with Crippen molar-refractivity contribution < 1.29 is 9.53 Å². The van der Waals surface area contributed by atoms with E-state index in [0.29, 0.717) is 17.6 Å². The quantitative estimate of drug-likeness (QED) is 0.506. The van der Waals surface area contributed by atoms with Crippen molar-refractivity contribution in [3.05, 3.63) is 88.1 Å². The molecule has 32 heavy (non-hydrogen) atoms. The highest BCUT2D eigenvalue weighted by atomic mass is 16.5. The Morgan fingerprint density at radius 3 is 2.56 bits per heavy atom. The lowest BCUT2D eigenvalue weighted by Crippen LogP contribution is -2.31. The summed E-state index contributed by atoms with van der Waals surface area (Å²) in [5.41, 5.74) is 3.04. The third kappa shape index (κ3) is 3.77. The van der Waals surface area contributed by atoms with Crippen LogP contribution in [0.25, 0.3) is 16.5 Å². The first kappa shape index (κ1) is 21.4. The van der Waals surface area contributed by atoms with Crippen LogP contribution in [0.5, 0.6) is 5.75 Å². The first-order valence-corrected chi connectivity index (χ1v) is 10.5. The molecule has 0 saturated carbocycles. The molecule has 4 aromatic rings. The van der Waals surface area contributed by atoms with E-state index in [-0.39, 0.29) is 11.5 Å². The minimum Gasteiger partial charge on any atom is -0.497 e. The molecule has 7 heteroatoms. The normalized spacial score (nSPS) is 12.0. The molecule has 1 atom stereocenters. The van der Waals surface area contributed by atoms with Crippen LogP contribution in [0.3, 0.4) is 0 Å². The van der Waals surface area contributed by atoms with Crippen LogP contribution in [0.4, 0.5) is 0 Å². The van der Waals surface area contributed by atoms with Gasteiger partial charge in [0.1, 0.15) is 11.8 Å². The fraction of sp³-hybridized carbons (Fsp3) is 0.240. The zero-order chi connectivity index (χ0) is 22.8. The summed E-state index contributed by atoms with van der Waals surface area (Å²) < 4.78 is 8.54. The minimum atomic E-state index is -0.488. The van der Waals surface area contributed by atoms with Crippen LogP contribution in [-0.4, -0.2) is 27.4 Å². The molecule has 1 unspecified atom stereocenters. The summed E-state index contributed by atoms with van der Waals surface area (Å²) in [6.45, 7) is 6.01. The summed E-state index contributed by atoms with van der Waals surface area (Å²) in [6.07, 6.45) is 1.70. The van der Waals surface area contributed by atoms with Crippen LogP contribution in [-0.2, 0) is 11.3 Å². The first-order chi connectivity index (χ1) is 15.4. The number of nitrogens with one attached hydrogen (secondary N) is 1. The number of fused-ring (bicyclic) bond motifs is 1. The van der Waals surface area contributed by atoms with Gasteiger partial charge in [-0.1, -0.05) is 30.3 Å². The van der Waals surface area contributed by atoms with E-state index in [0.717, 1.165) is 28.1 Å². The molecule has 0 aliphatic heterocycles. The number of rotatable bonds is 6. The van der Waals surface area contributed by atoms with Crippen molar-refractivity contribution in [2.75, 3.05) is 7.11 Å². The van der Waals surface area contributed by atoms with Crippen molar-refractivity contribution >= 4 is 16.7 Å². The number of hydrogen-bond acceptors (Lipinski definition) is 4. The maximum absolute atomic E-state index is 13.3. The van der Waals surface area contributed by atoms with Gasteiger partial charge in [0, 0.05) is 23.3 Å². The summed E-state index contributed by atoms with van der Waals surface area (Å²) in [4.78, 5) is 26.2. The molecule has 2 heterocycles. The van der Waals surface area contributed by atoms with Crippen molar-refractivity contribution in [1.82, 2.24) is 19.7 Å². The number of carbonyl (C=O) groups is 1. The second-order valence-electron chi connectivity index (χ2n) is 7.77. The molecule has 164 valence electrons. The summed E-state index contributed by atoms with van der Waals surface area (Å²) in [5, 5.41) is 8.69. The van der Waals surface area contributed by atoms with Crippen LogP contribution in [0.2, 0.25) is 0 Å². The molecule has 0 aliphatic carbocycles. The molecule has 0 spiro atoms. The first-order valence-electron chi connectivity index (χ1n) is 10.5. The highest BCUT2D eigenvalue weighted by molar-refractivity contribution is 5.89. The number of ether oxygens (including phenoxy) is 1. The number of aryl methyl sites for hydroxylation is 2. The van der Waals surface area contributed by atoms with Gasteiger partial charge in [-0.25, -0.2) is 0 Å². The van der Waals surface area contributed by atoms with E-state index >= 15 is 0 Å². The van der Waals surface area contributed by atoms with Crippen LogP contribution in [0, 0.1) is 13.8 Å². The Morgan fingerprint density at radius 1 is 1.09 bits per heavy atom. The standard InChI is InChI=1S/C25H26N4O3/c1-16-22-15-27-29(20-10-6-5-7-11-20)25(31)23(22)17(2)28(16)18(3)24(30)26-14-19-9-8-12-21(13-19)32-4/h5-13,15,18H,14H2,1-4H3,(H,26,30). The molecule has 0 fully saturated rings. The molecule has 0 radical (unpaired) electrons. The van der Waals surface area contributed by atoms with Gasteiger partial charge in [0.05, 0.1) is 24.4 Å². The van der Waals surface area contributed by atoms with Crippen LogP contribution in [0.15, 0.2) is 65.6 Å². The molecule has 2 aromatic carbocycles. The van der Waals surface area contributed by atoms with Crippen LogP contribution < -0.4 is 15.6 Å². The smallest absolute Gasteiger partial charge is 0.281 e. The van der Waals surface area contributed by atoms with Crippen molar-refractivity contribution in [1.29, 1.82) is 0 Å². The number of para-hydroxylation sites is 1. The van der Waals surface area contributed by atoms with E-state index in [4.69, 9.17) is 4.74 Å². The SMILES string of the molecule is COc1cccc(CNC(=O)C(C)n2c(C)c3cnn(-c4ccccc4)c(=O)c3c2C)c1. The monoisotopic (exact) mass is 430 g/mol. The van der Waals surface area contributed by atoms with Crippen molar-refractivity contribution in [2.45, 2.75) is 33.4 Å². The molecule has 0 bridgehead atoms. The van der Waals surface area contributed by atoms with Crippen LogP contribution in [0.1, 0.15) is 29.9 Å². The Hall–Kier alpha value is -3.87. The lowest BCUT2D eigenvalue weighted by Gasteiger charge is -2.18. The number of carbonyl (C=O) groups excluding carboxylic acids is 1. The average Bonchev–Trinajstić information content (AvgIpc) is 3.08. The number of amides is 1. The van der Waals surface area contributed by atoms with Crippen molar-refractivity contribution in [2.24, 2.45) is 0 Å². The molecule has 0 aliphatic rings. The van der Waals surface area contributed by atoms with E-state index in [1.807, 2.05) is 79.9 Å². The topological polar surface area (TPSA) is 78.2 Å². The largest absolute Gasteiger partial charge is 0.497 e. The zero-order valence-corrected chi connectivity index (χ0v) is 18.6. The average molecular weight is 431 g/mol. The Morgan fingerprint density at radius 2 is 1.84 bits per heavy atom. The molecule has 7 nitrogen and oxygen atoms in total. The fourth-order valence-electron chi connectivity index (χ4n) is 4.15. The van der Waals surface area contributed by atoms with Gasteiger partial charge < -0.3 is 14.6 Å². The molecule has 4 rings (SSSR count). The minimum absolute atomic E-state index is 0.129. The molecular formula is C25H26N4O3. The number of methoxy groups -OCH3 is 1. The fourth-order valence-corrected chi connectivity index (χ4v) is 4.15. The third-order valence-electron chi connectivity index (χ3n) is 5.82. The van der Waals surface area contributed by atoms with Gasteiger partial charge in [0.15, 0.2) is 0 Å². The molecule has 1 N–H and O–H groups in total. The van der Waals surface area contributed by atoms with E-state index < -0.39 is 6.04 Å². The lowest BCUT2D eigenvalue weighted by molar-refractivity contribution is -0.124. The second-order valence-corrected chi connectivity index (χ2v) is 7.77.